The van der Waals surface area contributed by atoms with Gasteiger partial charge >= 0.3 is 5.63 Å². The van der Waals surface area contributed by atoms with Crippen LogP contribution in [-0.2, 0) is 13.0 Å². The summed E-state index contributed by atoms with van der Waals surface area (Å²) in [5, 5.41) is 3.33. The van der Waals surface area contributed by atoms with Crippen LogP contribution >= 0.6 is 0 Å². The zero-order valence-corrected chi connectivity index (χ0v) is 13.7. The van der Waals surface area contributed by atoms with Gasteiger partial charge in [-0.2, -0.15) is 0 Å². The summed E-state index contributed by atoms with van der Waals surface area (Å²) in [6.07, 6.45) is 1.05. The first-order chi connectivity index (χ1) is 12.3. The standard InChI is InChI=1S/C22H17NO2/c24-21-13-17(14-23-12-11-16-6-2-4-8-19(16)23)22-18-7-3-1-5-15(18)9-10-20(22)25-21/h1-10,13H,11-12,14H2. The molecule has 3 nitrogen and oxygen atoms in total. The number of nitrogens with zero attached hydrogens (tertiary/aromatic N) is 1. The highest BCUT2D eigenvalue weighted by Gasteiger charge is 2.20. The molecule has 0 saturated carbocycles. The summed E-state index contributed by atoms with van der Waals surface area (Å²) in [7, 11) is 0. The molecule has 1 aliphatic rings. The maximum atomic E-state index is 12.1. The van der Waals surface area contributed by atoms with E-state index < -0.39 is 0 Å². The fourth-order valence-corrected chi connectivity index (χ4v) is 3.92. The van der Waals surface area contributed by atoms with Crippen molar-refractivity contribution in [3.63, 3.8) is 0 Å². The molecular formula is C22H17NO2. The van der Waals surface area contributed by atoms with Crippen molar-refractivity contribution in [3.8, 4) is 0 Å². The SMILES string of the molecule is O=c1cc(CN2CCc3ccccc32)c2c(ccc3ccccc32)o1. The van der Waals surface area contributed by atoms with Crippen LogP contribution in [0.15, 0.2) is 75.9 Å². The van der Waals surface area contributed by atoms with Gasteiger partial charge in [0.1, 0.15) is 5.58 Å². The van der Waals surface area contributed by atoms with Crippen LogP contribution in [0.4, 0.5) is 5.69 Å². The van der Waals surface area contributed by atoms with E-state index in [1.54, 1.807) is 6.07 Å². The van der Waals surface area contributed by atoms with Crippen molar-refractivity contribution in [1.82, 2.24) is 0 Å². The predicted octanol–water partition coefficient (Wildman–Crippen LogP) is 4.51. The summed E-state index contributed by atoms with van der Waals surface area (Å²) >= 11 is 0. The van der Waals surface area contributed by atoms with Crippen LogP contribution in [0, 0.1) is 0 Å². The highest BCUT2D eigenvalue weighted by molar-refractivity contribution is 6.07. The van der Waals surface area contributed by atoms with Gasteiger partial charge in [0.05, 0.1) is 0 Å². The molecule has 0 aliphatic carbocycles. The lowest BCUT2D eigenvalue weighted by atomic mass is 10.0. The molecular weight excluding hydrogens is 310 g/mol. The molecule has 0 amide bonds. The van der Waals surface area contributed by atoms with Crippen LogP contribution in [0.2, 0.25) is 0 Å². The smallest absolute Gasteiger partial charge is 0.336 e. The van der Waals surface area contributed by atoms with Gasteiger partial charge in [0, 0.05) is 30.2 Å². The van der Waals surface area contributed by atoms with Crippen LogP contribution in [0.25, 0.3) is 21.7 Å². The molecule has 0 N–H and O–H groups in total. The third-order valence-electron chi connectivity index (χ3n) is 5.06. The van der Waals surface area contributed by atoms with Crippen LogP contribution < -0.4 is 10.5 Å². The van der Waals surface area contributed by atoms with Gasteiger partial charge in [-0.15, -0.1) is 0 Å². The number of hydrogen-bond donors (Lipinski definition) is 0. The van der Waals surface area contributed by atoms with Crippen molar-refractivity contribution in [2.75, 3.05) is 11.4 Å². The Morgan fingerprint density at radius 3 is 2.76 bits per heavy atom. The third-order valence-corrected chi connectivity index (χ3v) is 5.06. The van der Waals surface area contributed by atoms with Gasteiger partial charge in [0.15, 0.2) is 0 Å². The van der Waals surface area contributed by atoms with Crippen molar-refractivity contribution in [2.45, 2.75) is 13.0 Å². The van der Waals surface area contributed by atoms with E-state index in [1.165, 1.54) is 11.3 Å². The maximum absolute atomic E-state index is 12.1. The molecule has 0 fully saturated rings. The van der Waals surface area contributed by atoms with Gasteiger partial charge in [0.25, 0.3) is 0 Å². The number of para-hydroxylation sites is 1. The van der Waals surface area contributed by atoms with Crippen molar-refractivity contribution < 1.29 is 4.42 Å². The summed E-state index contributed by atoms with van der Waals surface area (Å²) in [5.74, 6) is 0. The van der Waals surface area contributed by atoms with Crippen LogP contribution in [-0.4, -0.2) is 6.54 Å². The molecule has 0 saturated heterocycles. The predicted molar refractivity (Wildman–Crippen MR) is 101 cm³/mol. The van der Waals surface area contributed by atoms with Crippen LogP contribution in [0.1, 0.15) is 11.1 Å². The molecule has 0 bridgehead atoms. The fourth-order valence-electron chi connectivity index (χ4n) is 3.92. The van der Waals surface area contributed by atoms with E-state index in [0.717, 1.165) is 34.7 Å². The summed E-state index contributed by atoms with van der Waals surface area (Å²) in [5.41, 5.74) is 4.04. The normalized spacial score (nSPS) is 13.5. The lowest BCUT2D eigenvalue weighted by molar-refractivity contribution is 0.559. The molecule has 1 aromatic heterocycles. The van der Waals surface area contributed by atoms with Crippen LogP contribution in [0.5, 0.6) is 0 Å². The van der Waals surface area contributed by atoms with Crippen molar-refractivity contribution in [2.24, 2.45) is 0 Å². The Kier molecular flexibility index (Phi) is 3.14. The first kappa shape index (κ1) is 14.3. The Morgan fingerprint density at radius 1 is 0.960 bits per heavy atom. The molecule has 1 aliphatic heterocycles. The molecule has 4 aromatic rings. The fraction of sp³-hybridized carbons (Fsp3) is 0.136. The van der Waals surface area contributed by atoms with Gasteiger partial charge in [-0.25, -0.2) is 4.79 Å². The Hall–Kier alpha value is -3.07. The number of anilines is 1. The first-order valence-corrected chi connectivity index (χ1v) is 8.57. The van der Waals surface area contributed by atoms with E-state index in [2.05, 4.69) is 41.3 Å². The summed E-state index contributed by atoms with van der Waals surface area (Å²) in [6.45, 7) is 1.69. The van der Waals surface area contributed by atoms with Gasteiger partial charge < -0.3 is 9.32 Å². The highest BCUT2D eigenvalue weighted by Crippen LogP contribution is 2.32. The topological polar surface area (TPSA) is 33.5 Å². The average molecular weight is 327 g/mol. The lowest BCUT2D eigenvalue weighted by Crippen LogP contribution is -2.20. The Balaban J connectivity index is 1.71. The average Bonchev–Trinajstić information content (AvgIpc) is 3.04. The molecule has 3 aromatic carbocycles. The Labute approximate surface area is 145 Å². The zero-order valence-electron chi connectivity index (χ0n) is 13.7. The van der Waals surface area contributed by atoms with E-state index in [0.29, 0.717) is 12.1 Å². The van der Waals surface area contributed by atoms with E-state index in [1.807, 2.05) is 24.3 Å². The molecule has 0 spiro atoms. The quantitative estimate of drug-likeness (QED) is 0.401. The van der Waals surface area contributed by atoms with Crippen molar-refractivity contribution in [1.29, 1.82) is 0 Å². The molecule has 0 atom stereocenters. The minimum atomic E-state index is -0.287. The number of fused-ring (bicyclic) bond motifs is 4. The molecule has 2 heterocycles. The zero-order chi connectivity index (χ0) is 16.8. The van der Waals surface area contributed by atoms with Gasteiger partial charge in [-0.05, 0) is 40.5 Å². The number of hydrogen-bond acceptors (Lipinski definition) is 3. The molecule has 122 valence electrons. The second-order valence-corrected chi connectivity index (χ2v) is 6.55. The molecule has 25 heavy (non-hydrogen) atoms. The maximum Gasteiger partial charge on any atom is 0.336 e. The largest absolute Gasteiger partial charge is 0.423 e. The summed E-state index contributed by atoms with van der Waals surface area (Å²) in [6, 6.07) is 22.3. The molecule has 0 unspecified atom stereocenters. The lowest BCUT2D eigenvalue weighted by Gasteiger charge is -2.20. The number of rotatable bonds is 2. The van der Waals surface area contributed by atoms with Crippen molar-refractivity contribution in [3.05, 3.63) is 88.3 Å². The van der Waals surface area contributed by atoms with E-state index in [-0.39, 0.29) is 5.63 Å². The van der Waals surface area contributed by atoms with Gasteiger partial charge in [-0.3, -0.25) is 0 Å². The molecule has 5 rings (SSSR count). The van der Waals surface area contributed by atoms with E-state index in [9.17, 15) is 4.79 Å². The minimum Gasteiger partial charge on any atom is -0.423 e. The molecule has 0 radical (unpaired) electrons. The van der Waals surface area contributed by atoms with E-state index >= 15 is 0 Å². The Morgan fingerprint density at radius 2 is 1.80 bits per heavy atom. The van der Waals surface area contributed by atoms with Crippen LogP contribution in [0.3, 0.4) is 0 Å². The third kappa shape index (κ3) is 2.31. The summed E-state index contributed by atoms with van der Waals surface area (Å²) in [4.78, 5) is 14.4. The van der Waals surface area contributed by atoms with E-state index in [4.69, 9.17) is 4.42 Å². The Bertz CT molecular complexity index is 1160. The minimum absolute atomic E-state index is 0.287. The number of benzene rings is 3. The highest BCUT2D eigenvalue weighted by atomic mass is 16.4. The first-order valence-electron chi connectivity index (χ1n) is 8.57. The van der Waals surface area contributed by atoms with Gasteiger partial charge in [-0.1, -0.05) is 48.5 Å². The van der Waals surface area contributed by atoms with Gasteiger partial charge in [0.2, 0.25) is 0 Å². The van der Waals surface area contributed by atoms with Crippen molar-refractivity contribution >= 4 is 27.4 Å². The molecule has 3 heteroatoms. The monoisotopic (exact) mass is 327 g/mol. The second kappa shape index (κ2) is 5.49. The second-order valence-electron chi connectivity index (χ2n) is 6.55. The summed E-state index contributed by atoms with van der Waals surface area (Å²) < 4.78 is 5.47.